The van der Waals surface area contributed by atoms with Crippen LogP contribution in [-0.4, -0.2) is 4.98 Å². The van der Waals surface area contributed by atoms with E-state index in [4.69, 9.17) is 5.26 Å². The van der Waals surface area contributed by atoms with Gasteiger partial charge in [-0.15, -0.1) is 0 Å². The predicted molar refractivity (Wildman–Crippen MR) is 88.1 cm³/mol. The van der Waals surface area contributed by atoms with Gasteiger partial charge in [0.25, 0.3) is 0 Å². The van der Waals surface area contributed by atoms with Crippen LogP contribution in [0, 0.1) is 11.3 Å². The second-order valence-corrected chi connectivity index (χ2v) is 4.36. The van der Waals surface area contributed by atoms with E-state index in [1.54, 1.807) is 12.1 Å². The molecule has 0 fully saturated rings. The zero-order valence-corrected chi connectivity index (χ0v) is 12.4. The second kappa shape index (κ2) is 7.16. The van der Waals surface area contributed by atoms with Gasteiger partial charge >= 0.3 is 0 Å². The number of aromatic nitrogens is 1. The molecule has 3 nitrogen and oxygen atoms in total. The monoisotopic (exact) mass is 277 g/mol. The third-order valence-corrected chi connectivity index (χ3v) is 3.16. The Morgan fingerprint density at radius 1 is 0.952 bits per heavy atom. The number of benzene rings is 2. The van der Waals surface area contributed by atoms with E-state index in [9.17, 15) is 0 Å². The molecule has 0 spiro atoms. The molecule has 0 atom stereocenters. The lowest BCUT2D eigenvalue weighted by Gasteiger charge is -2.15. The Hall–Kier alpha value is -2.73. The minimum Gasteiger partial charge on any atom is -0.367 e. The minimum atomic E-state index is 0.715. The van der Waals surface area contributed by atoms with Gasteiger partial charge in [0.15, 0.2) is 0 Å². The van der Waals surface area contributed by atoms with Gasteiger partial charge < -0.3 is 10.3 Å². The van der Waals surface area contributed by atoms with E-state index in [2.05, 4.69) is 34.6 Å². The van der Waals surface area contributed by atoms with E-state index in [-0.39, 0.29) is 0 Å². The van der Waals surface area contributed by atoms with Crippen molar-refractivity contribution < 1.29 is 0 Å². The smallest absolute Gasteiger partial charge is 0.109 e. The van der Waals surface area contributed by atoms with E-state index < -0.39 is 0 Å². The number of fused-ring (bicyclic) bond motifs is 3. The molecule has 0 saturated carbocycles. The summed E-state index contributed by atoms with van der Waals surface area (Å²) in [5.41, 5.74) is 3.38. The number of rotatable bonds is 0. The van der Waals surface area contributed by atoms with Crippen molar-refractivity contribution in [3.05, 3.63) is 65.7 Å². The van der Waals surface area contributed by atoms with Crippen LogP contribution in [-0.2, 0) is 6.54 Å². The fraction of sp³-hybridized carbons (Fsp3) is 0.167. The molecule has 0 bridgehead atoms. The first-order valence-electron chi connectivity index (χ1n) is 7.17. The Bertz CT molecular complexity index is 736. The van der Waals surface area contributed by atoms with Gasteiger partial charge in [-0.25, -0.2) is 0 Å². The highest BCUT2D eigenvalue weighted by Crippen LogP contribution is 2.32. The lowest BCUT2D eigenvalue weighted by Crippen LogP contribution is -2.11. The van der Waals surface area contributed by atoms with Crippen LogP contribution in [0.2, 0.25) is 0 Å². The van der Waals surface area contributed by atoms with Crippen LogP contribution in [0.3, 0.4) is 0 Å². The van der Waals surface area contributed by atoms with Gasteiger partial charge in [-0.3, -0.25) is 0 Å². The zero-order valence-electron chi connectivity index (χ0n) is 12.4. The van der Waals surface area contributed by atoms with Crippen molar-refractivity contribution in [2.75, 3.05) is 5.32 Å². The quantitative estimate of drug-likeness (QED) is 0.627. The molecular weight excluding hydrogens is 258 g/mol. The molecule has 0 amide bonds. The molecule has 1 aliphatic heterocycles. The summed E-state index contributed by atoms with van der Waals surface area (Å²) in [5.74, 6) is 1.20. The van der Waals surface area contributed by atoms with Gasteiger partial charge in [-0.05, 0) is 18.2 Å². The SMILES string of the molecule is CC.N#Cc1ccccc1.c1ccc2c3c([nH]c2c1)NC3. The number of nitrogens with zero attached hydrogens (tertiary/aromatic N) is 1. The molecule has 2 N–H and O–H groups in total. The standard InChI is InChI=1S/C9H8N2.C7H5N.C2H6/c1-2-4-8-6(3-1)7-5-10-9(7)11-8;8-6-7-4-2-1-3-5-7;1-2/h1-4,10-11H,5H2;1-5H;1-2H3. The molecular formula is C18H19N3. The largest absolute Gasteiger partial charge is 0.367 e. The van der Waals surface area contributed by atoms with Crippen LogP contribution in [0.4, 0.5) is 5.82 Å². The fourth-order valence-electron chi connectivity index (χ4n) is 2.12. The lowest BCUT2D eigenvalue weighted by molar-refractivity contribution is 1.05. The summed E-state index contributed by atoms with van der Waals surface area (Å²) < 4.78 is 0. The lowest BCUT2D eigenvalue weighted by atomic mass is 10.1. The maximum atomic E-state index is 8.29. The van der Waals surface area contributed by atoms with E-state index >= 15 is 0 Å². The van der Waals surface area contributed by atoms with Gasteiger partial charge in [0.1, 0.15) is 5.82 Å². The molecule has 4 rings (SSSR count). The molecule has 1 aliphatic rings. The van der Waals surface area contributed by atoms with Crippen molar-refractivity contribution in [3.8, 4) is 6.07 Å². The van der Waals surface area contributed by atoms with Crippen molar-refractivity contribution in [2.24, 2.45) is 0 Å². The van der Waals surface area contributed by atoms with Crippen molar-refractivity contribution in [1.82, 2.24) is 4.98 Å². The number of H-pyrrole nitrogens is 1. The summed E-state index contributed by atoms with van der Waals surface area (Å²) in [6.07, 6.45) is 0. The number of nitrogens with one attached hydrogen (secondary N) is 2. The molecule has 1 aromatic heterocycles. The highest BCUT2D eigenvalue weighted by molar-refractivity contribution is 5.91. The first-order chi connectivity index (χ1) is 10.4. The van der Waals surface area contributed by atoms with Gasteiger partial charge in [0, 0.05) is 23.0 Å². The molecule has 106 valence electrons. The number of anilines is 1. The number of nitriles is 1. The van der Waals surface area contributed by atoms with E-state index in [1.165, 1.54) is 22.3 Å². The third-order valence-electron chi connectivity index (χ3n) is 3.16. The number of para-hydroxylation sites is 1. The predicted octanol–water partition coefficient (Wildman–Crippen LogP) is 4.68. The normalized spacial score (nSPS) is 10.5. The Kier molecular flexibility index (Phi) is 5.00. The molecule has 2 heterocycles. The van der Waals surface area contributed by atoms with Crippen LogP contribution >= 0.6 is 0 Å². The molecule has 0 aliphatic carbocycles. The molecule has 0 radical (unpaired) electrons. The van der Waals surface area contributed by atoms with Crippen LogP contribution in [0.25, 0.3) is 10.9 Å². The van der Waals surface area contributed by atoms with Gasteiger partial charge in [0.2, 0.25) is 0 Å². The second-order valence-electron chi connectivity index (χ2n) is 4.36. The summed E-state index contributed by atoms with van der Waals surface area (Å²) in [5, 5.41) is 12.9. The first-order valence-corrected chi connectivity index (χ1v) is 7.17. The van der Waals surface area contributed by atoms with E-state index in [0.717, 1.165) is 6.54 Å². The first kappa shape index (κ1) is 14.7. The van der Waals surface area contributed by atoms with Gasteiger partial charge in [-0.1, -0.05) is 50.2 Å². The highest BCUT2D eigenvalue weighted by atomic mass is 15.1. The Morgan fingerprint density at radius 3 is 2.19 bits per heavy atom. The van der Waals surface area contributed by atoms with Crippen LogP contribution in [0.1, 0.15) is 25.0 Å². The zero-order chi connectivity index (χ0) is 15.1. The molecule has 0 unspecified atom stereocenters. The van der Waals surface area contributed by atoms with Crippen molar-refractivity contribution in [1.29, 1.82) is 5.26 Å². The summed E-state index contributed by atoms with van der Waals surface area (Å²) >= 11 is 0. The van der Waals surface area contributed by atoms with E-state index in [1.807, 2.05) is 38.1 Å². The molecule has 21 heavy (non-hydrogen) atoms. The molecule has 0 saturated heterocycles. The Labute approximate surface area is 125 Å². The number of hydrogen-bond acceptors (Lipinski definition) is 2. The van der Waals surface area contributed by atoms with Crippen molar-refractivity contribution in [2.45, 2.75) is 20.4 Å². The highest BCUT2D eigenvalue weighted by Gasteiger charge is 2.17. The third kappa shape index (κ3) is 3.24. The van der Waals surface area contributed by atoms with Crippen molar-refractivity contribution >= 4 is 16.7 Å². The summed E-state index contributed by atoms with van der Waals surface area (Å²) in [7, 11) is 0. The minimum absolute atomic E-state index is 0.715. The van der Waals surface area contributed by atoms with Crippen LogP contribution in [0.5, 0.6) is 0 Å². The average Bonchev–Trinajstić information content (AvgIpc) is 2.81. The number of aromatic amines is 1. The maximum absolute atomic E-state index is 8.29. The number of hydrogen-bond donors (Lipinski definition) is 2. The Morgan fingerprint density at radius 2 is 1.62 bits per heavy atom. The van der Waals surface area contributed by atoms with Gasteiger partial charge in [-0.2, -0.15) is 5.26 Å². The fourth-order valence-corrected chi connectivity index (χ4v) is 2.12. The molecule has 3 heteroatoms. The maximum Gasteiger partial charge on any atom is 0.109 e. The van der Waals surface area contributed by atoms with Crippen molar-refractivity contribution in [3.63, 3.8) is 0 Å². The summed E-state index contributed by atoms with van der Waals surface area (Å²) in [4.78, 5) is 3.30. The molecule has 3 aromatic rings. The van der Waals surface area contributed by atoms with Gasteiger partial charge in [0.05, 0.1) is 11.6 Å². The van der Waals surface area contributed by atoms with E-state index in [0.29, 0.717) is 5.56 Å². The Balaban J connectivity index is 0.000000144. The topological polar surface area (TPSA) is 51.6 Å². The summed E-state index contributed by atoms with van der Waals surface area (Å²) in [6.45, 7) is 5.01. The van der Waals surface area contributed by atoms with Crippen LogP contribution in [0.15, 0.2) is 54.6 Å². The van der Waals surface area contributed by atoms with Crippen LogP contribution < -0.4 is 5.32 Å². The average molecular weight is 277 g/mol. The molecule has 2 aromatic carbocycles. The summed E-state index contributed by atoms with van der Waals surface area (Å²) in [6, 6.07) is 19.6.